The smallest absolute Gasteiger partial charge is 0.406 e. The van der Waals surface area contributed by atoms with E-state index in [0.717, 1.165) is 0 Å². The topological polar surface area (TPSA) is 110 Å². The van der Waals surface area contributed by atoms with Crippen LogP contribution in [0.25, 0.3) is 0 Å². The Morgan fingerprint density at radius 2 is 2.00 bits per heavy atom. The number of nitrogens with zero attached hydrogens (tertiary/aromatic N) is 3. The predicted octanol–water partition coefficient (Wildman–Crippen LogP) is 1.63. The highest BCUT2D eigenvalue weighted by atomic mass is 16.6. The van der Waals surface area contributed by atoms with Gasteiger partial charge < -0.3 is 20.5 Å². The van der Waals surface area contributed by atoms with Crippen molar-refractivity contribution >= 4 is 17.6 Å². The zero-order valence-electron chi connectivity index (χ0n) is 11.6. The number of imidazole rings is 1. The predicted molar refractivity (Wildman–Crippen MR) is 69.0 cm³/mol. The van der Waals surface area contributed by atoms with Crippen LogP contribution < -0.4 is 5.32 Å². The van der Waals surface area contributed by atoms with E-state index in [1.807, 2.05) is 0 Å². The van der Waals surface area contributed by atoms with Gasteiger partial charge in [-0.15, -0.1) is 0 Å². The van der Waals surface area contributed by atoms with E-state index < -0.39 is 21.8 Å². The number of carboxylic acids is 1. The molecule has 0 radical (unpaired) electrons. The van der Waals surface area contributed by atoms with Crippen LogP contribution in [0.2, 0.25) is 0 Å². The molecule has 2 N–H and O–H groups in total. The summed E-state index contributed by atoms with van der Waals surface area (Å²) in [6.45, 7) is 6.48. The summed E-state index contributed by atoms with van der Waals surface area (Å²) in [6, 6.07) is 0. The third-order valence-electron chi connectivity index (χ3n) is 3.62. The molecule has 8 nitrogen and oxygen atoms in total. The lowest BCUT2D eigenvalue weighted by Crippen LogP contribution is -2.51. The first-order valence-electron chi connectivity index (χ1n) is 5.68. The molecule has 1 heterocycles. The number of carbonyl (C=O) groups is 1. The van der Waals surface area contributed by atoms with Crippen LogP contribution in [0.3, 0.4) is 0 Å². The minimum absolute atomic E-state index is 0.185. The summed E-state index contributed by atoms with van der Waals surface area (Å²) in [5, 5.41) is 23.1. The Balaban J connectivity index is 3.19. The van der Waals surface area contributed by atoms with Gasteiger partial charge in [0.05, 0.1) is 5.41 Å². The molecule has 0 saturated carbocycles. The molecule has 1 aromatic rings. The summed E-state index contributed by atoms with van der Waals surface area (Å²) >= 11 is 0. The number of hydrogen-bond donors (Lipinski definition) is 2. The minimum atomic E-state index is -1.12. The molecule has 8 heteroatoms. The van der Waals surface area contributed by atoms with Gasteiger partial charge in [0.2, 0.25) is 12.1 Å². The second-order valence-electron chi connectivity index (χ2n) is 5.46. The molecule has 0 aliphatic heterocycles. The van der Waals surface area contributed by atoms with Crippen molar-refractivity contribution in [2.75, 3.05) is 5.32 Å². The molecule has 0 aliphatic carbocycles. The van der Waals surface area contributed by atoms with Crippen molar-refractivity contribution in [3.05, 3.63) is 16.4 Å². The minimum Gasteiger partial charge on any atom is -0.481 e. The van der Waals surface area contributed by atoms with Crippen molar-refractivity contribution in [1.29, 1.82) is 0 Å². The molecular formula is C11H18N4O4. The number of nitrogens with one attached hydrogen (secondary N) is 1. The van der Waals surface area contributed by atoms with Crippen LogP contribution in [0.5, 0.6) is 0 Å². The Kier molecular flexibility index (Phi) is 3.56. The fraction of sp³-hybridized carbons (Fsp3) is 0.636. The van der Waals surface area contributed by atoms with E-state index in [1.165, 1.54) is 10.9 Å². The van der Waals surface area contributed by atoms with Crippen LogP contribution in [0.4, 0.5) is 11.6 Å². The van der Waals surface area contributed by atoms with Gasteiger partial charge in [-0.05, 0) is 37.6 Å². The van der Waals surface area contributed by atoms with Gasteiger partial charge in [0.25, 0.3) is 0 Å². The van der Waals surface area contributed by atoms with Gasteiger partial charge in [-0.3, -0.25) is 9.36 Å². The van der Waals surface area contributed by atoms with Gasteiger partial charge in [-0.2, -0.15) is 0 Å². The molecule has 19 heavy (non-hydrogen) atoms. The number of carboxylic acid groups (broad SMARTS) is 1. The first kappa shape index (κ1) is 14.9. The number of aromatic nitrogens is 2. The summed E-state index contributed by atoms with van der Waals surface area (Å²) in [4.78, 5) is 25.3. The quantitative estimate of drug-likeness (QED) is 0.621. The van der Waals surface area contributed by atoms with E-state index in [1.54, 1.807) is 34.7 Å². The molecule has 0 atom stereocenters. The van der Waals surface area contributed by atoms with E-state index >= 15 is 0 Å². The van der Waals surface area contributed by atoms with Crippen molar-refractivity contribution in [2.24, 2.45) is 12.5 Å². The monoisotopic (exact) mass is 270 g/mol. The molecule has 0 spiro atoms. The molecule has 1 aromatic heterocycles. The van der Waals surface area contributed by atoms with Gasteiger partial charge in [0.15, 0.2) is 0 Å². The SMILES string of the molecule is Cn1cnc([N+](=O)[O-])c1NC(C)(C)C(C)(C)C(=O)O. The second kappa shape index (κ2) is 4.52. The van der Waals surface area contributed by atoms with Crippen molar-refractivity contribution in [1.82, 2.24) is 9.55 Å². The van der Waals surface area contributed by atoms with E-state index in [-0.39, 0.29) is 11.6 Å². The zero-order chi connectivity index (χ0) is 15.0. The number of rotatable bonds is 5. The maximum Gasteiger partial charge on any atom is 0.406 e. The van der Waals surface area contributed by atoms with Crippen LogP contribution in [0.1, 0.15) is 27.7 Å². The highest BCUT2D eigenvalue weighted by molar-refractivity contribution is 5.76. The standard InChI is InChI=1S/C11H18N4O4/c1-10(2,9(16)17)11(3,4)13-8-7(15(18)19)12-6-14(8)5/h6,13H,1-5H3,(H,16,17). The number of aryl methyl sites for hydroxylation is 1. The van der Waals surface area contributed by atoms with Crippen molar-refractivity contribution in [3.63, 3.8) is 0 Å². The van der Waals surface area contributed by atoms with Crippen molar-refractivity contribution in [2.45, 2.75) is 33.2 Å². The molecule has 1 rings (SSSR count). The normalized spacial score (nSPS) is 12.3. The fourth-order valence-corrected chi connectivity index (χ4v) is 1.42. The van der Waals surface area contributed by atoms with E-state index in [4.69, 9.17) is 0 Å². The summed E-state index contributed by atoms with van der Waals surface area (Å²) in [5.74, 6) is -1.13. The molecule has 0 aliphatic rings. The third kappa shape index (κ3) is 2.51. The molecular weight excluding hydrogens is 252 g/mol. The van der Waals surface area contributed by atoms with Gasteiger partial charge in [-0.1, -0.05) is 0 Å². The molecule has 0 unspecified atom stereocenters. The van der Waals surface area contributed by atoms with Crippen molar-refractivity contribution in [3.8, 4) is 0 Å². The molecule has 0 aromatic carbocycles. The lowest BCUT2D eigenvalue weighted by molar-refractivity contribution is -0.388. The Morgan fingerprint density at radius 1 is 1.47 bits per heavy atom. The number of nitro groups is 1. The van der Waals surface area contributed by atoms with Gasteiger partial charge in [0.1, 0.15) is 0 Å². The molecule has 0 fully saturated rings. The Hall–Kier alpha value is -2.12. The molecule has 0 amide bonds. The first-order chi connectivity index (χ1) is 8.50. The maximum absolute atomic E-state index is 11.3. The number of hydrogen-bond acceptors (Lipinski definition) is 5. The Bertz CT molecular complexity index is 519. The summed E-state index contributed by atoms with van der Waals surface area (Å²) < 4.78 is 1.46. The zero-order valence-corrected chi connectivity index (χ0v) is 11.6. The molecule has 0 bridgehead atoms. The van der Waals surface area contributed by atoms with E-state index in [2.05, 4.69) is 10.3 Å². The largest absolute Gasteiger partial charge is 0.481 e. The number of aliphatic carboxylic acids is 1. The molecule has 0 saturated heterocycles. The summed E-state index contributed by atoms with van der Waals surface area (Å²) in [5.41, 5.74) is -2.03. The highest BCUT2D eigenvalue weighted by Gasteiger charge is 2.45. The second-order valence-corrected chi connectivity index (χ2v) is 5.46. The van der Waals surface area contributed by atoms with Gasteiger partial charge in [0, 0.05) is 12.6 Å². The van der Waals surface area contributed by atoms with E-state index in [9.17, 15) is 20.0 Å². The Morgan fingerprint density at radius 3 is 2.42 bits per heavy atom. The van der Waals surface area contributed by atoms with Crippen LogP contribution in [-0.4, -0.2) is 31.1 Å². The highest BCUT2D eigenvalue weighted by Crippen LogP contribution is 2.36. The maximum atomic E-state index is 11.3. The third-order valence-corrected chi connectivity index (χ3v) is 3.62. The lowest BCUT2D eigenvalue weighted by atomic mass is 9.74. The van der Waals surface area contributed by atoms with Gasteiger partial charge >= 0.3 is 11.8 Å². The average Bonchev–Trinajstić information content (AvgIpc) is 2.59. The summed E-state index contributed by atoms with van der Waals surface area (Å²) in [6.07, 6.45) is 1.31. The van der Waals surface area contributed by atoms with Crippen LogP contribution >= 0.6 is 0 Å². The van der Waals surface area contributed by atoms with Gasteiger partial charge in [-0.25, -0.2) is 0 Å². The van der Waals surface area contributed by atoms with E-state index in [0.29, 0.717) is 0 Å². The van der Waals surface area contributed by atoms with Crippen LogP contribution in [0, 0.1) is 15.5 Å². The van der Waals surface area contributed by atoms with Crippen molar-refractivity contribution < 1.29 is 14.8 Å². The van der Waals surface area contributed by atoms with Crippen LogP contribution in [-0.2, 0) is 11.8 Å². The average molecular weight is 270 g/mol. The first-order valence-corrected chi connectivity index (χ1v) is 5.68. The molecule has 106 valence electrons. The fourth-order valence-electron chi connectivity index (χ4n) is 1.42. The number of anilines is 1. The lowest BCUT2D eigenvalue weighted by Gasteiger charge is -2.39. The van der Waals surface area contributed by atoms with Crippen LogP contribution in [0.15, 0.2) is 6.33 Å². The summed E-state index contributed by atoms with van der Waals surface area (Å²) in [7, 11) is 1.60. The Labute approximate surface area is 110 Å².